The quantitative estimate of drug-likeness (QED) is 0.361. The molecule has 0 saturated heterocycles. The van der Waals surface area contributed by atoms with Gasteiger partial charge in [-0.15, -0.1) is 17.9 Å². The molecule has 19 heavy (non-hydrogen) atoms. The lowest BCUT2D eigenvalue weighted by Gasteiger charge is -2.21. The number of nitrogens with zero attached hydrogens (tertiary/aromatic N) is 3. The summed E-state index contributed by atoms with van der Waals surface area (Å²) in [4.78, 5) is 10.9. The van der Waals surface area contributed by atoms with Crippen LogP contribution in [0.15, 0.2) is 23.0 Å². The van der Waals surface area contributed by atoms with Crippen LogP contribution in [0.3, 0.4) is 0 Å². The van der Waals surface area contributed by atoms with Gasteiger partial charge in [-0.1, -0.05) is 6.08 Å². The molecule has 0 radical (unpaired) electrons. The molecule has 0 saturated carbocycles. The lowest BCUT2D eigenvalue weighted by Crippen LogP contribution is -2.40. The number of aryl methyl sites for hydroxylation is 1. The van der Waals surface area contributed by atoms with Crippen LogP contribution in [0.2, 0.25) is 0 Å². The minimum Gasteiger partial charge on any atom is -0.356 e. The number of unbranched alkanes of at least 4 members (excludes halogenated alkanes) is 1. The summed E-state index contributed by atoms with van der Waals surface area (Å²) in [6, 6.07) is 0. The van der Waals surface area contributed by atoms with E-state index in [2.05, 4.69) is 39.2 Å². The average Bonchev–Trinajstić information content (AvgIpc) is 2.80. The Morgan fingerprint density at radius 2 is 2.42 bits per heavy atom. The molecular formula is C14H24N4S. The smallest absolute Gasteiger partial charge is 0.193 e. The zero-order valence-electron chi connectivity index (χ0n) is 12.1. The Morgan fingerprint density at radius 1 is 1.63 bits per heavy atom. The maximum atomic E-state index is 4.45. The number of hydrogen-bond donors (Lipinski definition) is 1. The van der Waals surface area contributed by atoms with E-state index in [4.69, 9.17) is 0 Å². The van der Waals surface area contributed by atoms with Crippen molar-refractivity contribution in [3.05, 3.63) is 28.7 Å². The van der Waals surface area contributed by atoms with E-state index < -0.39 is 0 Å². The molecule has 0 unspecified atom stereocenters. The molecule has 1 aromatic rings. The van der Waals surface area contributed by atoms with Gasteiger partial charge < -0.3 is 10.2 Å². The van der Waals surface area contributed by atoms with E-state index in [1.54, 1.807) is 11.3 Å². The van der Waals surface area contributed by atoms with Gasteiger partial charge >= 0.3 is 0 Å². The van der Waals surface area contributed by atoms with Crippen molar-refractivity contribution in [1.29, 1.82) is 0 Å². The Morgan fingerprint density at radius 3 is 3.00 bits per heavy atom. The topological polar surface area (TPSA) is 40.5 Å². The van der Waals surface area contributed by atoms with Crippen molar-refractivity contribution in [2.75, 3.05) is 27.2 Å². The first kappa shape index (κ1) is 15.7. The molecule has 4 nitrogen and oxygen atoms in total. The van der Waals surface area contributed by atoms with Crippen molar-refractivity contribution < 1.29 is 0 Å². The van der Waals surface area contributed by atoms with Crippen LogP contribution in [0.5, 0.6) is 0 Å². The molecule has 1 aromatic heterocycles. The molecule has 0 bridgehead atoms. The largest absolute Gasteiger partial charge is 0.356 e. The van der Waals surface area contributed by atoms with E-state index in [9.17, 15) is 0 Å². The van der Waals surface area contributed by atoms with Crippen LogP contribution in [0.25, 0.3) is 0 Å². The lowest BCUT2D eigenvalue weighted by atomic mass is 10.3. The van der Waals surface area contributed by atoms with Crippen LogP contribution in [0.4, 0.5) is 0 Å². The Balaban J connectivity index is 2.30. The van der Waals surface area contributed by atoms with Gasteiger partial charge in [0.25, 0.3) is 0 Å². The normalized spacial score (nSPS) is 11.4. The van der Waals surface area contributed by atoms with Crippen molar-refractivity contribution in [3.63, 3.8) is 0 Å². The van der Waals surface area contributed by atoms with E-state index in [-0.39, 0.29) is 0 Å². The van der Waals surface area contributed by atoms with Crippen LogP contribution in [0.1, 0.15) is 23.5 Å². The van der Waals surface area contributed by atoms with Crippen molar-refractivity contribution in [1.82, 2.24) is 15.2 Å². The molecular weight excluding hydrogens is 256 g/mol. The van der Waals surface area contributed by atoms with Crippen molar-refractivity contribution >= 4 is 17.3 Å². The zero-order valence-corrected chi connectivity index (χ0v) is 13.0. The Hall–Kier alpha value is -1.36. The van der Waals surface area contributed by atoms with Crippen molar-refractivity contribution in [2.45, 2.75) is 26.2 Å². The SMILES string of the molecule is C=CCCCN(C)C(=NC)NCCc1csc(C)n1. The minimum absolute atomic E-state index is 0.863. The summed E-state index contributed by atoms with van der Waals surface area (Å²) in [6.45, 7) is 7.62. The van der Waals surface area contributed by atoms with Gasteiger partial charge in [-0.2, -0.15) is 0 Å². The second-order valence-electron chi connectivity index (χ2n) is 4.43. The number of nitrogens with one attached hydrogen (secondary N) is 1. The second-order valence-corrected chi connectivity index (χ2v) is 5.50. The maximum Gasteiger partial charge on any atom is 0.193 e. The van der Waals surface area contributed by atoms with Crippen LogP contribution in [0, 0.1) is 6.92 Å². The first-order valence-electron chi connectivity index (χ1n) is 6.61. The van der Waals surface area contributed by atoms with Gasteiger partial charge in [-0.3, -0.25) is 4.99 Å². The van der Waals surface area contributed by atoms with Gasteiger partial charge in [-0.25, -0.2) is 4.98 Å². The van der Waals surface area contributed by atoms with Gasteiger partial charge in [-0.05, 0) is 19.8 Å². The predicted octanol–water partition coefficient (Wildman–Crippen LogP) is 2.47. The highest BCUT2D eigenvalue weighted by Gasteiger charge is 2.05. The molecule has 0 aliphatic rings. The highest BCUT2D eigenvalue weighted by molar-refractivity contribution is 7.09. The molecule has 1 rings (SSSR count). The summed E-state index contributed by atoms with van der Waals surface area (Å²) in [6.07, 6.45) is 5.03. The van der Waals surface area contributed by atoms with Crippen LogP contribution in [-0.4, -0.2) is 43.0 Å². The standard InChI is InChI=1S/C14H24N4S/c1-5-6-7-10-18(4)14(15-3)16-9-8-13-11-19-12(2)17-13/h5,11H,1,6-10H2,2-4H3,(H,15,16). The third kappa shape index (κ3) is 5.87. The summed E-state index contributed by atoms with van der Waals surface area (Å²) in [5.41, 5.74) is 1.15. The van der Waals surface area contributed by atoms with Crippen LogP contribution >= 0.6 is 11.3 Å². The molecule has 0 fully saturated rings. The third-order valence-electron chi connectivity index (χ3n) is 2.81. The van der Waals surface area contributed by atoms with Gasteiger partial charge in [0, 0.05) is 39.0 Å². The molecule has 0 atom stereocenters. The van der Waals surface area contributed by atoms with Gasteiger partial charge in [0.2, 0.25) is 0 Å². The molecule has 0 aliphatic heterocycles. The number of allylic oxidation sites excluding steroid dienone is 1. The van der Waals surface area contributed by atoms with E-state index in [1.165, 1.54) is 0 Å². The second kappa shape index (κ2) is 8.69. The average molecular weight is 280 g/mol. The Bertz CT molecular complexity index is 411. The molecule has 0 spiro atoms. The zero-order chi connectivity index (χ0) is 14.1. The first-order valence-corrected chi connectivity index (χ1v) is 7.49. The summed E-state index contributed by atoms with van der Waals surface area (Å²) >= 11 is 1.70. The molecule has 1 N–H and O–H groups in total. The Labute approximate surface area is 120 Å². The molecule has 5 heteroatoms. The Kier molecular flexibility index (Phi) is 7.18. The highest BCUT2D eigenvalue weighted by atomic mass is 32.1. The number of rotatable bonds is 7. The molecule has 106 valence electrons. The minimum atomic E-state index is 0.863. The van der Waals surface area contributed by atoms with Gasteiger partial charge in [0.15, 0.2) is 5.96 Å². The number of hydrogen-bond acceptors (Lipinski definition) is 3. The number of thiazole rings is 1. The fourth-order valence-corrected chi connectivity index (χ4v) is 2.44. The number of guanidine groups is 1. The molecule has 0 amide bonds. The monoisotopic (exact) mass is 280 g/mol. The third-order valence-corrected chi connectivity index (χ3v) is 3.63. The predicted molar refractivity (Wildman–Crippen MR) is 84.0 cm³/mol. The van der Waals surface area contributed by atoms with Crippen LogP contribution in [-0.2, 0) is 6.42 Å². The lowest BCUT2D eigenvalue weighted by molar-refractivity contribution is 0.470. The van der Waals surface area contributed by atoms with Crippen molar-refractivity contribution in [2.24, 2.45) is 4.99 Å². The highest BCUT2D eigenvalue weighted by Crippen LogP contribution is 2.07. The van der Waals surface area contributed by atoms with Crippen molar-refractivity contribution in [3.8, 4) is 0 Å². The van der Waals surface area contributed by atoms with E-state index >= 15 is 0 Å². The van der Waals surface area contributed by atoms with Gasteiger partial charge in [0.05, 0.1) is 10.7 Å². The summed E-state index contributed by atoms with van der Waals surface area (Å²) in [5.74, 6) is 0.941. The molecule has 1 heterocycles. The van der Waals surface area contributed by atoms with Gasteiger partial charge in [0.1, 0.15) is 0 Å². The maximum absolute atomic E-state index is 4.45. The van der Waals surface area contributed by atoms with E-state index in [0.717, 1.165) is 49.0 Å². The summed E-state index contributed by atoms with van der Waals surface area (Å²) in [5, 5.41) is 6.61. The summed E-state index contributed by atoms with van der Waals surface area (Å²) < 4.78 is 0. The first-order chi connectivity index (χ1) is 9.17. The fraction of sp³-hybridized carbons (Fsp3) is 0.571. The fourth-order valence-electron chi connectivity index (χ4n) is 1.79. The summed E-state index contributed by atoms with van der Waals surface area (Å²) in [7, 11) is 3.88. The number of aliphatic imine (C=N–C) groups is 1. The van der Waals surface area contributed by atoms with E-state index in [0.29, 0.717) is 0 Å². The number of aromatic nitrogens is 1. The molecule has 0 aromatic carbocycles. The van der Waals surface area contributed by atoms with Crippen LogP contribution < -0.4 is 5.32 Å². The molecule has 0 aliphatic carbocycles. The van der Waals surface area contributed by atoms with E-state index in [1.807, 2.05) is 20.0 Å².